The number of fused-ring (bicyclic) bond motifs is 1. The van der Waals surface area contributed by atoms with Crippen LogP contribution in [0.25, 0.3) is 10.9 Å². The molecule has 0 saturated carbocycles. The number of hydrogen-bond acceptors (Lipinski definition) is 3. The Labute approximate surface area is 94.7 Å². The summed E-state index contributed by atoms with van der Waals surface area (Å²) in [6.45, 7) is 5.54. The van der Waals surface area contributed by atoms with Crippen molar-refractivity contribution in [3.63, 3.8) is 0 Å². The van der Waals surface area contributed by atoms with E-state index in [-0.39, 0.29) is 6.04 Å². The van der Waals surface area contributed by atoms with Gasteiger partial charge in [-0.25, -0.2) is 0 Å². The van der Waals surface area contributed by atoms with E-state index in [1.807, 2.05) is 25.1 Å². The first-order valence-corrected chi connectivity index (χ1v) is 5.39. The van der Waals surface area contributed by atoms with Crippen LogP contribution in [-0.2, 0) is 0 Å². The quantitative estimate of drug-likeness (QED) is 0.741. The second-order valence-corrected chi connectivity index (χ2v) is 4.69. The molecule has 4 nitrogen and oxygen atoms in total. The summed E-state index contributed by atoms with van der Waals surface area (Å²) in [5.41, 5.74) is 1.26. The van der Waals surface area contributed by atoms with E-state index in [0.29, 0.717) is 0 Å². The third-order valence-electron chi connectivity index (χ3n) is 2.88. The predicted octanol–water partition coefficient (Wildman–Crippen LogP) is 2.13. The van der Waals surface area contributed by atoms with Gasteiger partial charge in [0.05, 0.1) is 23.4 Å². The maximum atomic E-state index is 9.84. The molecule has 1 aromatic heterocycles. The van der Waals surface area contributed by atoms with Crippen molar-refractivity contribution in [2.24, 2.45) is 0 Å². The van der Waals surface area contributed by atoms with Crippen molar-refractivity contribution in [1.82, 2.24) is 10.2 Å². The molecule has 0 saturated heterocycles. The molecule has 4 heteroatoms. The number of benzene rings is 1. The molecule has 2 rings (SSSR count). The standard InChI is InChI=1S/C12H17N3O/c1-8(12(2,3)16)14-10-4-5-11-9(6-10)7-13-15-11/h4-8,14,16H,1-3H3,(H,13,15). The van der Waals surface area contributed by atoms with E-state index >= 15 is 0 Å². The Kier molecular flexibility index (Phi) is 2.59. The van der Waals surface area contributed by atoms with E-state index < -0.39 is 5.60 Å². The molecule has 1 heterocycles. The van der Waals surface area contributed by atoms with E-state index in [9.17, 15) is 5.11 Å². The second kappa shape index (κ2) is 3.79. The molecular formula is C12H17N3O. The average molecular weight is 219 g/mol. The van der Waals surface area contributed by atoms with Crippen LogP contribution in [-0.4, -0.2) is 26.9 Å². The summed E-state index contributed by atoms with van der Waals surface area (Å²) in [4.78, 5) is 0. The molecule has 3 N–H and O–H groups in total. The van der Waals surface area contributed by atoms with Gasteiger partial charge in [-0.15, -0.1) is 0 Å². The van der Waals surface area contributed by atoms with Gasteiger partial charge in [0.25, 0.3) is 0 Å². The maximum Gasteiger partial charge on any atom is 0.0789 e. The summed E-state index contributed by atoms with van der Waals surface area (Å²) >= 11 is 0. The molecule has 0 amide bonds. The van der Waals surface area contributed by atoms with Crippen LogP contribution < -0.4 is 5.32 Å². The molecule has 0 fully saturated rings. The Hall–Kier alpha value is -1.55. The first-order chi connectivity index (χ1) is 7.47. The van der Waals surface area contributed by atoms with Crippen molar-refractivity contribution < 1.29 is 5.11 Å². The summed E-state index contributed by atoms with van der Waals surface area (Å²) in [7, 11) is 0. The van der Waals surface area contributed by atoms with Gasteiger partial charge in [-0.2, -0.15) is 5.10 Å². The van der Waals surface area contributed by atoms with Gasteiger partial charge in [-0.05, 0) is 39.0 Å². The molecule has 0 aliphatic rings. The Balaban J connectivity index is 2.21. The van der Waals surface area contributed by atoms with Crippen LogP contribution in [0, 0.1) is 0 Å². The molecule has 0 aliphatic carbocycles. The molecule has 1 atom stereocenters. The Morgan fingerprint density at radius 3 is 2.88 bits per heavy atom. The summed E-state index contributed by atoms with van der Waals surface area (Å²) in [5, 5.41) is 21.0. The van der Waals surface area contributed by atoms with Crippen molar-refractivity contribution >= 4 is 16.6 Å². The predicted molar refractivity (Wildman–Crippen MR) is 65.5 cm³/mol. The molecule has 0 aliphatic heterocycles. The molecule has 0 spiro atoms. The third-order valence-corrected chi connectivity index (χ3v) is 2.88. The number of hydrogen-bond donors (Lipinski definition) is 3. The van der Waals surface area contributed by atoms with Gasteiger partial charge in [-0.1, -0.05) is 0 Å². The fraction of sp³-hybridized carbons (Fsp3) is 0.417. The zero-order chi connectivity index (χ0) is 11.8. The Bertz CT molecular complexity index is 484. The van der Waals surface area contributed by atoms with Crippen molar-refractivity contribution in [3.05, 3.63) is 24.4 Å². The van der Waals surface area contributed by atoms with Gasteiger partial charge >= 0.3 is 0 Å². The molecule has 86 valence electrons. The van der Waals surface area contributed by atoms with E-state index in [2.05, 4.69) is 15.5 Å². The minimum Gasteiger partial charge on any atom is -0.388 e. The van der Waals surface area contributed by atoms with Crippen LogP contribution in [0.5, 0.6) is 0 Å². The Morgan fingerprint density at radius 2 is 2.19 bits per heavy atom. The smallest absolute Gasteiger partial charge is 0.0789 e. The zero-order valence-electron chi connectivity index (χ0n) is 9.78. The number of anilines is 1. The van der Waals surface area contributed by atoms with Gasteiger partial charge in [0.2, 0.25) is 0 Å². The lowest BCUT2D eigenvalue weighted by atomic mass is 10.0. The molecule has 0 bridgehead atoms. The van der Waals surface area contributed by atoms with Crippen molar-refractivity contribution in [2.45, 2.75) is 32.4 Å². The molecule has 16 heavy (non-hydrogen) atoms. The van der Waals surface area contributed by atoms with E-state index in [1.165, 1.54) is 0 Å². The largest absolute Gasteiger partial charge is 0.388 e. The molecule has 1 unspecified atom stereocenters. The van der Waals surface area contributed by atoms with Crippen molar-refractivity contribution in [2.75, 3.05) is 5.32 Å². The van der Waals surface area contributed by atoms with E-state index in [1.54, 1.807) is 20.0 Å². The van der Waals surface area contributed by atoms with E-state index in [4.69, 9.17) is 0 Å². The maximum absolute atomic E-state index is 9.84. The first-order valence-electron chi connectivity index (χ1n) is 5.39. The number of aromatic nitrogens is 2. The van der Waals surface area contributed by atoms with Gasteiger partial charge in [0.15, 0.2) is 0 Å². The van der Waals surface area contributed by atoms with Crippen LogP contribution in [0.2, 0.25) is 0 Å². The normalized spacial score (nSPS) is 14.0. The second-order valence-electron chi connectivity index (χ2n) is 4.69. The van der Waals surface area contributed by atoms with Gasteiger partial charge in [-0.3, -0.25) is 5.10 Å². The topological polar surface area (TPSA) is 60.9 Å². The average Bonchev–Trinajstić information content (AvgIpc) is 2.63. The monoisotopic (exact) mass is 219 g/mol. The van der Waals surface area contributed by atoms with Crippen LogP contribution in [0.4, 0.5) is 5.69 Å². The van der Waals surface area contributed by atoms with Crippen LogP contribution in [0.15, 0.2) is 24.4 Å². The van der Waals surface area contributed by atoms with Gasteiger partial charge < -0.3 is 10.4 Å². The molecule has 0 radical (unpaired) electrons. The lowest BCUT2D eigenvalue weighted by molar-refractivity contribution is 0.0649. The highest BCUT2D eigenvalue weighted by Gasteiger charge is 2.21. The number of rotatable bonds is 3. The lowest BCUT2D eigenvalue weighted by Crippen LogP contribution is -2.39. The highest BCUT2D eigenvalue weighted by atomic mass is 16.3. The number of H-pyrrole nitrogens is 1. The van der Waals surface area contributed by atoms with Crippen LogP contribution in [0.3, 0.4) is 0 Å². The molecular weight excluding hydrogens is 202 g/mol. The Morgan fingerprint density at radius 1 is 1.44 bits per heavy atom. The first kappa shape index (κ1) is 11.0. The summed E-state index contributed by atoms with van der Waals surface area (Å²) in [6, 6.07) is 5.95. The minimum atomic E-state index is -0.745. The third kappa shape index (κ3) is 2.17. The summed E-state index contributed by atoms with van der Waals surface area (Å²) in [6.07, 6.45) is 1.79. The lowest BCUT2D eigenvalue weighted by Gasteiger charge is -2.27. The number of nitrogens with one attached hydrogen (secondary N) is 2. The molecule has 2 aromatic rings. The fourth-order valence-electron chi connectivity index (χ4n) is 1.46. The zero-order valence-corrected chi connectivity index (χ0v) is 9.78. The fourth-order valence-corrected chi connectivity index (χ4v) is 1.46. The SMILES string of the molecule is CC(Nc1ccc2[nH]ncc2c1)C(C)(C)O. The van der Waals surface area contributed by atoms with Crippen molar-refractivity contribution in [3.8, 4) is 0 Å². The van der Waals surface area contributed by atoms with Crippen molar-refractivity contribution in [1.29, 1.82) is 0 Å². The highest BCUT2D eigenvalue weighted by molar-refractivity contribution is 5.81. The molecule has 1 aromatic carbocycles. The number of aliphatic hydroxyl groups is 1. The number of nitrogens with zero attached hydrogens (tertiary/aromatic N) is 1. The van der Waals surface area contributed by atoms with Gasteiger partial charge in [0, 0.05) is 11.1 Å². The van der Waals surface area contributed by atoms with Gasteiger partial charge in [0.1, 0.15) is 0 Å². The van der Waals surface area contributed by atoms with Crippen LogP contribution in [0.1, 0.15) is 20.8 Å². The summed E-state index contributed by atoms with van der Waals surface area (Å²) in [5.74, 6) is 0. The van der Waals surface area contributed by atoms with E-state index in [0.717, 1.165) is 16.6 Å². The highest BCUT2D eigenvalue weighted by Crippen LogP contribution is 2.20. The minimum absolute atomic E-state index is 0.0168. The number of aromatic amines is 1. The van der Waals surface area contributed by atoms with Crippen LogP contribution >= 0.6 is 0 Å². The summed E-state index contributed by atoms with van der Waals surface area (Å²) < 4.78 is 0.